The summed E-state index contributed by atoms with van der Waals surface area (Å²) in [4.78, 5) is 11.3. The molecule has 21 heavy (non-hydrogen) atoms. The maximum atomic E-state index is 5.21. The van der Waals surface area contributed by atoms with Crippen LogP contribution >= 0.6 is 0 Å². The minimum atomic E-state index is 0.409. The summed E-state index contributed by atoms with van der Waals surface area (Å²) in [5.41, 5.74) is 0. The molecule has 0 bridgehead atoms. The van der Waals surface area contributed by atoms with Gasteiger partial charge in [-0.3, -0.25) is 0 Å². The van der Waals surface area contributed by atoms with E-state index in [1.165, 1.54) is 0 Å². The van der Waals surface area contributed by atoms with Gasteiger partial charge in [0.25, 0.3) is 0 Å². The summed E-state index contributed by atoms with van der Waals surface area (Å²) >= 11 is 0. The van der Waals surface area contributed by atoms with Crippen LogP contribution in [-0.4, -0.2) is 50.4 Å². The molecule has 0 unspecified atom stereocenters. The molecule has 1 N–H and O–H groups in total. The summed E-state index contributed by atoms with van der Waals surface area (Å²) in [5.74, 6) is 2.99. The summed E-state index contributed by atoms with van der Waals surface area (Å²) in [6.07, 6.45) is 0. The fraction of sp³-hybridized carbons (Fsp3) is 0.733. The lowest BCUT2D eigenvalue weighted by Crippen LogP contribution is -2.32. The minimum Gasteiger partial charge on any atom is -0.383 e. The van der Waals surface area contributed by atoms with E-state index in [1.54, 1.807) is 14.2 Å². The van der Waals surface area contributed by atoms with Gasteiger partial charge in [-0.15, -0.1) is 0 Å². The first-order valence-electron chi connectivity index (χ1n) is 7.45. The van der Waals surface area contributed by atoms with Gasteiger partial charge in [0.15, 0.2) is 5.82 Å². The first kappa shape index (κ1) is 17.7. The number of nitrogens with one attached hydrogen (secondary N) is 1. The quantitative estimate of drug-likeness (QED) is 0.714. The molecule has 0 aliphatic carbocycles. The van der Waals surface area contributed by atoms with E-state index in [2.05, 4.69) is 41.0 Å². The standard InChI is InChI=1S/C15H28N4O2/c1-6-16-13-9-15(18-14(17-13)11-21-5)19(7-8-20-4)10-12(2)3/h9,12H,6-8,10-11H2,1-5H3,(H,16,17,18). The molecule has 120 valence electrons. The lowest BCUT2D eigenvalue weighted by atomic mass is 10.2. The van der Waals surface area contributed by atoms with Crippen LogP contribution in [0.25, 0.3) is 0 Å². The molecule has 6 nitrogen and oxygen atoms in total. The molecule has 0 radical (unpaired) electrons. The Hall–Kier alpha value is -1.40. The molecule has 0 aromatic carbocycles. The second kappa shape index (κ2) is 9.52. The zero-order valence-electron chi connectivity index (χ0n) is 13.8. The van der Waals surface area contributed by atoms with E-state index in [4.69, 9.17) is 9.47 Å². The fourth-order valence-corrected chi connectivity index (χ4v) is 2.05. The lowest BCUT2D eigenvalue weighted by molar-refractivity contribution is 0.178. The Kier molecular flexibility index (Phi) is 8.00. The molecule has 1 aromatic heterocycles. The summed E-state index contributed by atoms with van der Waals surface area (Å²) < 4.78 is 10.4. The Morgan fingerprint density at radius 1 is 1.24 bits per heavy atom. The highest BCUT2D eigenvalue weighted by atomic mass is 16.5. The topological polar surface area (TPSA) is 59.5 Å². The predicted octanol–water partition coefficient (Wildman–Crippen LogP) is 2.16. The summed E-state index contributed by atoms with van der Waals surface area (Å²) in [5, 5.41) is 3.25. The Morgan fingerprint density at radius 2 is 2.00 bits per heavy atom. The summed E-state index contributed by atoms with van der Waals surface area (Å²) in [6, 6.07) is 1.99. The normalized spacial score (nSPS) is 11.0. The first-order chi connectivity index (χ1) is 10.1. The van der Waals surface area contributed by atoms with Crippen molar-refractivity contribution in [3.63, 3.8) is 0 Å². The monoisotopic (exact) mass is 296 g/mol. The molecule has 6 heteroatoms. The van der Waals surface area contributed by atoms with E-state index < -0.39 is 0 Å². The van der Waals surface area contributed by atoms with Crippen LogP contribution in [0.15, 0.2) is 6.07 Å². The van der Waals surface area contributed by atoms with Crippen molar-refractivity contribution in [2.24, 2.45) is 5.92 Å². The van der Waals surface area contributed by atoms with Gasteiger partial charge in [0.2, 0.25) is 0 Å². The van der Waals surface area contributed by atoms with Gasteiger partial charge in [-0.2, -0.15) is 0 Å². The van der Waals surface area contributed by atoms with Gasteiger partial charge in [-0.1, -0.05) is 13.8 Å². The molecule has 1 rings (SSSR count). The zero-order chi connectivity index (χ0) is 15.7. The third kappa shape index (κ3) is 6.27. The van der Waals surface area contributed by atoms with E-state index in [9.17, 15) is 0 Å². The van der Waals surface area contributed by atoms with Crippen LogP contribution in [0.3, 0.4) is 0 Å². The van der Waals surface area contributed by atoms with Gasteiger partial charge in [-0.25, -0.2) is 9.97 Å². The number of hydrogen-bond acceptors (Lipinski definition) is 6. The minimum absolute atomic E-state index is 0.409. The molecule has 0 amide bonds. The van der Waals surface area contributed by atoms with Crippen molar-refractivity contribution in [2.75, 3.05) is 50.7 Å². The molecule has 0 fully saturated rings. The SMILES string of the molecule is CCNc1cc(N(CCOC)CC(C)C)nc(COC)n1. The molecular formula is C15H28N4O2. The Labute approximate surface area is 127 Å². The van der Waals surface area contributed by atoms with Crippen LogP contribution in [0.1, 0.15) is 26.6 Å². The summed E-state index contributed by atoms with van der Waals surface area (Å²) in [7, 11) is 3.37. The van der Waals surface area contributed by atoms with E-state index in [0.29, 0.717) is 25.0 Å². The van der Waals surface area contributed by atoms with Crippen LogP contribution in [0, 0.1) is 5.92 Å². The molecule has 0 saturated heterocycles. The van der Waals surface area contributed by atoms with Crippen molar-refractivity contribution >= 4 is 11.6 Å². The van der Waals surface area contributed by atoms with Crippen LogP contribution in [0.5, 0.6) is 0 Å². The number of methoxy groups -OCH3 is 2. The maximum absolute atomic E-state index is 5.21. The van der Waals surface area contributed by atoms with Crippen molar-refractivity contribution in [1.29, 1.82) is 0 Å². The van der Waals surface area contributed by atoms with E-state index in [-0.39, 0.29) is 0 Å². The van der Waals surface area contributed by atoms with Crippen molar-refractivity contribution in [1.82, 2.24) is 9.97 Å². The van der Waals surface area contributed by atoms with Crippen molar-refractivity contribution in [3.8, 4) is 0 Å². The van der Waals surface area contributed by atoms with E-state index in [0.717, 1.165) is 31.3 Å². The van der Waals surface area contributed by atoms with Crippen molar-refractivity contribution in [3.05, 3.63) is 11.9 Å². The second-order valence-electron chi connectivity index (χ2n) is 5.32. The largest absolute Gasteiger partial charge is 0.383 e. The third-order valence-corrected chi connectivity index (χ3v) is 2.87. The maximum Gasteiger partial charge on any atom is 0.158 e. The Morgan fingerprint density at radius 3 is 2.57 bits per heavy atom. The average molecular weight is 296 g/mol. The Bertz CT molecular complexity index is 388. The van der Waals surface area contributed by atoms with Gasteiger partial charge in [0, 0.05) is 39.9 Å². The van der Waals surface area contributed by atoms with Gasteiger partial charge < -0.3 is 19.7 Å². The van der Waals surface area contributed by atoms with E-state index in [1.807, 2.05) is 6.07 Å². The number of aromatic nitrogens is 2. The second-order valence-corrected chi connectivity index (χ2v) is 5.32. The van der Waals surface area contributed by atoms with Crippen LogP contribution < -0.4 is 10.2 Å². The number of nitrogens with zero attached hydrogens (tertiary/aromatic N) is 3. The van der Waals surface area contributed by atoms with Crippen molar-refractivity contribution < 1.29 is 9.47 Å². The molecule has 1 aromatic rings. The van der Waals surface area contributed by atoms with Crippen LogP contribution in [0.4, 0.5) is 11.6 Å². The molecule has 1 heterocycles. The highest BCUT2D eigenvalue weighted by Gasteiger charge is 2.13. The van der Waals surface area contributed by atoms with Gasteiger partial charge in [-0.05, 0) is 12.8 Å². The predicted molar refractivity (Wildman–Crippen MR) is 85.8 cm³/mol. The third-order valence-electron chi connectivity index (χ3n) is 2.87. The molecule has 0 spiro atoms. The molecule has 0 saturated carbocycles. The smallest absolute Gasteiger partial charge is 0.158 e. The number of hydrogen-bond donors (Lipinski definition) is 1. The molecule has 0 atom stereocenters. The molecule has 0 aliphatic rings. The number of anilines is 2. The number of ether oxygens (including phenoxy) is 2. The van der Waals surface area contributed by atoms with Crippen LogP contribution in [-0.2, 0) is 16.1 Å². The zero-order valence-corrected chi connectivity index (χ0v) is 13.8. The highest BCUT2D eigenvalue weighted by molar-refractivity contribution is 5.49. The highest BCUT2D eigenvalue weighted by Crippen LogP contribution is 2.18. The van der Waals surface area contributed by atoms with Gasteiger partial charge in [0.05, 0.1) is 6.61 Å². The lowest BCUT2D eigenvalue weighted by Gasteiger charge is -2.26. The molecule has 0 aliphatic heterocycles. The van der Waals surface area contributed by atoms with Gasteiger partial charge in [0.1, 0.15) is 18.2 Å². The fourth-order valence-electron chi connectivity index (χ4n) is 2.05. The Balaban J connectivity index is 3.02. The first-order valence-corrected chi connectivity index (χ1v) is 7.45. The van der Waals surface area contributed by atoms with Crippen molar-refractivity contribution in [2.45, 2.75) is 27.4 Å². The molecular weight excluding hydrogens is 268 g/mol. The van der Waals surface area contributed by atoms with E-state index >= 15 is 0 Å². The average Bonchev–Trinajstić information content (AvgIpc) is 2.43. The number of rotatable bonds is 10. The van der Waals surface area contributed by atoms with Gasteiger partial charge >= 0.3 is 0 Å². The van der Waals surface area contributed by atoms with Crippen LogP contribution in [0.2, 0.25) is 0 Å². The summed E-state index contributed by atoms with van der Waals surface area (Å²) in [6.45, 7) is 10.1.